The Bertz CT molecular complexity index is 1230. The highest BCUT2D eigenvalue weighted by atomic mass is 19.3. The van der Waals surface area contributed by atoms with Crippen molar-refractivity contribution in [2.45, 2.75) is 109 Å². The Hall–Kier alpha value is -3.38. The third-order valence-electron chi connectivity index (χ3n) is 7.67. The summed E-state index contributed by atoms with van der Waals surface area (Å²) in [6.07, 6.45) is 4.21. The molecule has 0 radical (unpaired) electrons. The zero-order chi connectivity index (χ0) is 28.8. The Balaban J connectivity index is 1.23. The van der Waals surface area contributed by atoms with E-state index < -0.39 is 18.3 Å². The second-order valence-electron chi connectivity index (χ2n) is 12.2. The zero-order valence-corrected chi connectivity index (χ0v) is 23.6. The maximum absolute atomic E-state index is 13.2. The first-order valence-electron chi connectivity index (χ1n) is 13.9. The number of hydrogen-bond acceptors (Lipinski definition) is 8. The molecule has 11 nitrogen and oxygen atoms in total. The van der Waals surface area contributed by atoms with E-state index in [-0.39, 0.29) is 42.1 Å². The van der Waals surface area contributed by atoms with Crippen LogP contribution in [-0.4, -0.2) is 86.1 Å². The first kappa shape index (κ1) is 28.2. The third-order valence-corrected chi connectivity index (χ3v) is 7.67. The normalized spacial score (nSPS) is 24.7. The highest BCUT2D eigenvalue weighted by Gasteiger charge is 2.45. The molecular formula is C27H38F2N6O5. The van der Waals surface area contributed by atoms with E-state index in [9.17, 15) is 18.4 Å². The Morgan fingerprint density at radius 1 is 1.10 bits per heavy atom. The van der Waals surface area contributed by atoms with Gasteiger partial charge in [0.15, 0.2) is 5.65 Å². The Labute approximate surface area is 232 Å². The van der Waals surface area contributed by atoms with Crippen LogP contribution in [0.2, 0.25) is 0 Å². The summed E-state index contributed by atoms with van der Waals surface area (Å²) in [4.78, 5) is 33.3. The number of nitrogens with zero attached hydrogens (tertiary/aromatic N) is 5. The minimum absolute atomic E-state index is 0.00705. The molecule has 2 amide bonds. The SMILES string of the molecule is CC(C)c1cnn2c(NC3CC4CCC(C3)N4C(=O)OC3CCN(C(=O)OC(C)(C)C)C3)cc(OC(F)F)nc12. The van der Waals surface area contributed by atoms with E-state index in [2.05, 4.69) is 20.1 Å². The van der Waals surface area contributed by atoms with Gasteiger partial charge in [0.25, 0.3) is 0 Å². The molecule has 0 spiro atoms. The molecule has 2 bridgehead atoms. The predicted molar refractivity (Wildman–Crippen MR) is 142 cm³/mol. The molecule has 0 aliphatic carbocycles. The molecule has 2 aromatic heterocycles. The lowest BCUT2D eigenvalue weighted by Gasteiger charge is -2.39. The van der Waals surface area contributed by atoms with Gasteiger partial charge < -0.3 is 29.3 Å². The molecule has 3 aliphatic rings. The number of carbonyl (C=O) groups is 2. The number of likely N-dealkylation sites (tertiary alicyclic amines) is 1. The summed E-state index contributed by atoms with van der Waals surface area (Å²) < 4.78 is 43.6. The topological polar surface area (TPSA) is 111 Å². The maximum Gasteiger partial charge on any atom is 0.410 e. The number of halogens is 2. The van der Waals surface area contributed by atoms with Gasteiger partial charge in [-0.3, -0.25) is 0 Å². The zero-order valence-electron chi connectivity index (χ0n) is 23.6. The minimum atomic E-state index is -2.99. The van der Waals surface area contributed by atoms with E-state index in [1.807, 2.05) is 39.5 Å². The van der Waals surface area contributed by atoms with Crippen LogP contribution in [0.3, 0.4) is 0 Å². The first-order valence-corrected chi connectivity index (χ1v) is 13.9. The number of carbonyl (C=O) groups excluding carboxylic acids is 2. The third kappa shape index (κ3) is 6.02. The van der Waals surface area contributed by atoms with Crippen molar-refractivity contribution in [1.29, 1.82) is 0 Å². The number of alkyl halides is 2. The van der Waals surface area contributed by atoms with E-state index in [4.69, 9.17) is 9.47 Å². The van der Waals surface area contributed by atoms with Gasteiger partial charge in [-0.1, -0.05) is 13.8 Å². The van der Waals surface area contributed by atoms with Gasteiger partial charge in [0, 0.05) is 42.7 Å². The van der Waals surface area contributed by atoms with E-state index in [0.29, 0.717) is 43.8 Å². The summed E-state index contributed by atoms with van der Waals surface area (Å²) in [5.41, 5.74) is 0.714. The van der Waals surface area contributed by atoms with Gasteiger partial charge in [-0.25, -0.2) is 9.59 Å². The summed E-state index contributed by atoms with van der Waals surface area (Å²) in [6.45, 7) is 7.23. The Morgan fingerprint density at radius 2 is 1.80 bits per heavy atom. The van der Waals surface area contributed by atoms with E-state index >= 15 is 0 Å². The number of nitrogens with one attached hydrogen (secondary N) is 1. The van der Waals surface area contributed by atoms with Gasteiger partial charge in [-0.05, 0) is 52.4 Å². The smallest absolute Gasteiger partial charge is 0.410 e. The van der Waals surface area contributed by atoms with Crippen LogP contribution in [0.4, 0.5) is 24.2 Å². The van der Waals surface area contributed by atoms with Crippen LogP contribution in [0.1, 0.15) is 78.2 Å². The second kappa shape index (κ2) is 10.9. The van der Waals surface area contributed by atoms with Gasteiger partial charge in [0.1, 0.15) is 17.5 Å². The molecule has 5 heterocycles. The van der Waals surface area contributed by atoms with Crippen molar-refractivity contribution in [3.8, 4) is 5.88 Å². The molecule has 5 rings (SSSR count). The monoisotopic (exact) mass is 564 g/mol. The fraction of sp³-hybridized carbons (Fsp3) is 0.704. The van der Waals surface area contributed by atoms with Crippen molar-refractivity contribution in [2.24, 2.45) is 0 Å². The highest BCUT2D eigenvalue weighted by molar-refractivity contribution is 5.71. The molecular weight excluding hydrogens is 526 g/mol. The van der Waals surface area contributed by atoms with E-state index in [1.54, 1.807) is 15.6 Å². The second-order valence-corrected chi connectivity index (χ2v) is 12.2. The van der Waals surface area contributed by atoms with Gasteiger partial charge >= 0.3 is 18.8 Å². The Kier molecular flexibility index (Phi) is 7.66. The standard InChI is InChI=1S/C27H38F2N6O5/c1-15(2)20-13-30-35-21(12-22(32-23(20)35)39-24(28)29)31-16-10-17-6-7-18(11-16)34(17)26(37)38-19-8-9-33(14-19)25(36)40-27(3,4)5/h12-13,15-19,24,31H,6-11,14H2,1-5H3. The summed E-state index contributed by atoms with van der Waals surface area (Å²) in [5.74, 6) is 0.440. The summed E-state index contributed by atoms with van der Waals surface area (Å²) in [5, 5.41) is 7.90. The molecule has 0 saturated carbocycles. The molecule has 0 aromatic carbocycles. The van der Waals surface area contributed by atoms with Crippen molar-refractivity contribution in [3.63, 3.8) is 0 Å². The number of fused-ring (bicyclic) bond motifs is 3. The Morgan fingerprint density at radius 3 is 2.42 bits per heavy atom. The number of piperidine rings is 1. The predicted octanol–water partition coefficient (Wildman–Crippen LogP) is 5.01. The molecule has 2 aromatic rings. The lowest BCUT2D eigenvalue weighted by Crippen LogP contribution is -2.50. The summed E-state index contributed by atoms with van der Waals surface area (Å²) >= 11 is 0. The molecule has 3 atom stereocenters. The fourth-order valence-corrected chi connectivity index (χ4v) is 5.94. The van der Waals surface area contributed by atoms with E-state index in [1.165, 1.54) is 6.07 Å². The number of amides is 2. The van der Waals surface area contributed by atoms with Crippen LogP contribution in [0.15, 0.2) is 12.3 Å². The van der Waals surface area contributed by atoms with Crippen molar-refractivity contribution in [1.82, 2.24) is 24.4 Å². The van der Waals surface area contributed by atoms with Gasteiger partial charge in [-0.15, -0.1) is 0 Å². The highest BCUT2D eigenvalue weighted by Crippen LogP contribution is 2.38. The van der Waals surface area contributed by atoms with Gasteiger partial charge in [-0.2, -0.15) is 23.4 Å². The summed E-state index contributed by atoms with van der Waals surface area (Å²) in [7, 11) is 0. The number of hydrogen-bond donors (Lipinski definition) is 1. The molecule has 3 fully saturated rings. The van der Waals surface area contributed by atoms with Crippen LogP contribution in [0.5, 0.6) is 5.88 Å². The molecule has 3 saturated heterocycles. The van der Waals surface area contributed by atoms with Crippen molar-refractivity contribution < 1.29 is 32.6 Å². The number of ether oxygens (including phenoxy) is 3. The van der Waals surface area contributed by atoms with Crippen LogP contribution in [-0.2, 0) is 9.47 Å². The molecule has 1 N–H and O–H groups in total. The van der Waals surface area contributed by atoms with Crippen LogP contribution in [0, 0.1) is 0 Å². The van der Waals surface area contributed by atoms with Crippen LogP contribution >= 0.6 is 0 Å². The number of anilines is 1. The first-order chi connectivity index (χ1) is 18.9. The largest absolute Gasteiger partial charge is 0.444 e. The average molecular weight is 565 g/mol. The molecule has 220 valence electrons. The van der Waals surface area contributed by atoms with Crippen LogP contribution < -0.4 is 10.1 Å². The fourth-order valence-electron chi connectivity index (χ4n) is 5.94. The van der Waals surface area contributed by atoms with E-state index in [0.717, 1.165) is 18.4 Å². The molecule has 3 aliphatic heterocycles. The van der Waals surface area contributed by atoms with Crippen molar-refractivity contribution >= 4 is 23.7 Å². The number of rotatable bonds is 6. The molecule has 40 heavy (non-hydrogen) atoms. The van der Waals surface area contributed by atoms with Crippen molar-refractivity contribution in [2.75, 3.05) is 18.4 Å². The van der Waals surface area contributed by atoms with Crippen molar-refractivity contribution in [3.05, 3.63) is 17.8 Å². The quantitative estimate of drug-likeness (QED) is 0.522. The lowest BCUT2D eigenvalue weighted by molar-refractivity contribution is -0.0527. The van der Waals surface area contributed by atoms with Gasteiger partial charge in [0.05, 0.1) is 12.7 Å². The minimum Gasteiger partial charge on any atom is -0.444 e. The maximum atomic E-state index is 13.2. The summed E-state index contributed by atoms with van der Waals surface area (Å²) in [6, 6.07) is 1.41. The average Bonchev–Trinajstić information content (AvgIpc) is 3.54. The lowest BCUT2D eigenvalue weighted by atomic mass is 9.98. The molecule has 13 heteroatoms. The molecule has 3 unspecified atom stereocenters. The number of aromatic nitrogens is 3. The van der Waals surface area contributed by atoms with Crippen LogP contribution in [0.25, 0.3) is 5.65 Å². The van der Waals surface area contributed by atoms with Gasteiger partial charge in [0.2, 0.25) is 5.88 Å².